The van der Waals surface area contributed by atoms with Crippen molar-refractivity contribution in [2.45, 2.75) is 38.0 Å². The maximum atomic E-state index is 6.65. The Morgan fingerprint density at radius 1 is 0.566 bits per heavy atom. The maximum absolute atomic E-state index is 6.65. The summed E-state index contributed by atoms with van der Waals surface area (Å²) in [5.41, 5.74) is 16.1. The Morgan fingerprint density at radius 3 is 1.96 bits per heavy atom. The molecule has 0 bridgehead atoms. The van der Waals surface area contributed by atoms with Crippen molar-refractivity contribution in [2.75, 3.05) is 4.90 Å². The van der Waals surface area contributed by atoms with Crippen molar-refractivity contribution in [2.24, 2.45) is 5.92 Å². The van der Waals surface area contributed by atoms with Crippen LogP contribution in [0.4, 0.5) is 17.1 Å². The van der Waals surface area contributed by atoms with Gasteiger partial charge in [-0.3, -0.25) is 0 Å². The zero-order chi connectivity index (χ0) is 35.5. The highest BCUT2D eigenvalue weighted by molar-refractivity contribution is 5.86. The van der Waals surface area contributed by atoms with Gasteiger partial charge in [0.1, 0.15) is 11.5 Å². The van der Waals surface area contributed by atoms with Crippen LogP contribution in [0, 0.1) is 5.92 Å². The summed E-state index contributed by atoms with van der Waals surface area (Å²) in [6, 6.07) is 51.3. The van der Waals surface area contributed by atoms with E-state index in [1.54, 1.807) is 0 Å². The fourth-order valence-electron chi connectivity index (χ4n) is 9.00. The molecule has 0 radical (unpaired) electrons. The van der Waals surface area contributed by atoms with E-state index < -0.39 is 0 Å². The Kier molecular flexibility index (Phi) is 7.47. The minimum absolute atomic E-state index is 0.0862. The first kappa shape index (κ1) is 31.6. The fourth-order valence-corrected chi connectivity index (χ4v) is 9.00. The molecule has 0 aromatic heterocycles. The number of anilines is 3. The number of fused-ring (bicyclic) bond motifs is 7. The Labute approximate surface area is 312 Å². The molecule has 0 fully saturated rings. The van der Waals surface area contributed by atoms with E-state index in [2.05, 4.69) is 195 Å². The lowest BCUT2D eigenvalue weighted by Crippen LogP contribution is -2.16. The predicted molar refractivity (Wildman–Crippen MR) is 220 cm³/mol. The Bertz CT molecular complexity index is 2500. The van der Waals surface area contributed by atoms with E-state index in [1.807, 2.05) is 0 Å². The van der Waals surface area contributed by atoms with E-state index in [0.29, 0.717) is 0 Å². The summed E-state index contributed by atoms with van der Waals surface area (Å²) in [5, 5.41) is 0. The van der Waals surface area contributed by atoms with E-state index in [9.17, 15) is 0 Å². The minimum Gasteiger partial charge on any atom is -0.461 e. The second kappa shape index (κ2) is 12.5. The fraction of sp³-hybridized carbons (Fsp3) is 0.137. The zero-order valence-electron chi connectivity index (χ0n) is 30.2. The third-order valence-electron chi connectivity index (χ3n) is 11.8. The van der Waals surface area contributed by atoms with E-state index in [-0.39, 0.29) is 17.3 Å². The molecule has 3 aliphatic carbocycles. The molecule has 0 amide bonds. The topological polar surface area (TPSA) is 12.5 Å². The molecule has 0 saturated heterocycles. The Hall–Kier alpha value is -6.12. The molecular weight excluding hydrogens is 643 g/mol. The van der Waals surface area contributed by atoms with Crippen LogP contribution in [0.1, 0.15) is 49.3 Å². The average molecular weight is 684 g/mol. The van der Waals surface area contributed by atoms with Crippen molar-refractivity contribution in [3.63, 3.8) is 0 Å². The van der Waals surface area contributed by atoms with Crippen LogP contribution in [0.25, 0.3) is 33.4 Å². The van der Waals surface area contributed by atoms with Crippen LogP contribution < -0.4 is 9.64 Å². The molecule has 2 heteroatoms. The van der Waals surface area contributed by atoms with Gasteiger partial charge in [-0.15, -0.1) is 0 Å². The van der Waals surface area contributed by atoms with Crippen molar-refractivity contribution >= 4 is 17.1 Å². The van der Waals surface area contributed by atoms with Gasteiger partial charge in [-0.25, -0.2) is 0 Å². The van der Waals surface area contributed by atoms with Crippen molar-refractivity contribution in [3.05, 3.63) is 204 Å². The lowest BCUT2D eigenvalue weighted by atomic mass is 9.77. The Morgan fingerprint density at radius 2 is 1.19 bits per heavy atom. The lowest BCUT2D eigenvalue weighted by molar-refractivity contribution is 0.396. The smallest absolute Gasteiger partial charge is 0.130 e. The normalized spacial score (nSPS) is 18.6. The van der Waals surface area contributed by atoms with Gasteiger partial charge in [0.05, 0.1) is 0 Å². The van der Waals surface area contributed by atoms with Gasteiger partial charge in [0.15, 0.2) is 0 Å². The maximum Gasteiger partial charge on any atom is 0.130 e. The van der Waals surface area contributed by atoms with Crippen LogP contribution in [0.15, 0.2) is 187 Å². The summed E-state index contributed by atoms with van der Waals surface area (Å²) in [5.74, 6) is 2.63. The lowest BCUT2D eigenvalue weighted by Gasteiger charge is -2.28. The molecule has 2 atom stereocenters. The number of allylic oxidation sites excluding steroid dienone is 8. The van der Waals surface area contributed by atoms with Gasteiger partial charge in [0.2, 0.25) is 0 Å². The molecule has 10 rings (SSSR count). The number of hydrogen-bond donors (Lipinski definition) is 0. The molecule has 0 spiro atoms. The summed E-state index contributed by atoms with van der Waals surface area (Å²) >= 11 is 0. The molecule has 2 nitrogen and oxygen atoms in total. The molecule has 1 aliphatic heterocycles. The summed E-state index contributed by atoms with van der Waals surface area (Å²) in [6.07, 6.45) is 15.6. The van der Waals surface area contributed by atoms with Gasteiger partial charge in [-0.2, -0.15) is 0 Å². The number of nitrogens with zero attached hydrogens (tertiary/aromatic N) is 1. The summed E-state index contributed by atoms with van der Waals surface area (Å²) in [6.45, 7) is 4.70. The van der Waals surface area contributed by atoms with Crippen molar-refractivity contribution < 1.29 is 4.74 Å². The second-order valence-electron chi connectivity index (χ2n) is 15.2. The van der Waals surface area contributed by atoms with Gasteiger partial charge in [-0.05, 0) is 105 Å². The van der Waals surface area contributed by atoms with Crippen molar-refractivity contribution in [3.8, 4) is 39.1 Å². The molecule has 53 heavy (non-hydrogen) atoms. The van der Waals surface area contributed by atoms with E-state index >= 15 is 0 Å². The summed E-state index contributed by atoms with van der Waals surface area (Å²) in [4.78, 5) is 2.40. The third kappa shape index (κ3) is 5.32. The molecule has 6 aromatic carbocycles. The summed E-state index contributed by atoms with van der Waals surface area (Å²) in [7, 11) is 0. The van der Waals surface area contributed by atoms with Crippen LogP contribution in [-0.4, -0.2) is 0 Å². The number of rotatable bonds is 5. The van der Waals surface area contributed by atoms with Gasteiger partial charge >= 0.3 is 0 Å². The highest BCUT2D eigenvalue weighted by Gasteiger charge is 2.36. The monoisotopic (exact) mass is 683 g/mol. The van der Waals surface area contributed by atoms with Crippen molar-refractivity contribution in [1.82, 2.24) is 0 Å². The molecule has 2 unspecified atom stereocenters. The largest absolute Gasteiger partial charge is 0.461 e. The minimum atomic E-state index is -0.0862. The van der Waals surface area contributed by atoms with Gasteiger partial charge in [0.25, 0.3) is 0 Å². The number of ether oxygens (including phenoxy) is 1. The molecule has 0 N–H and O–H groups in total. The first-order valence-electron chi connectivity index (χ1n) is 18.9. The predicted octanol–water partition coefficient (Wildman–Crippen LogP) is 13.6. The Balaban J connectivity index is 1.04. The van der Waals surface area contributed by atoms with Crippen LogP contribution >= 0.6 is 0 Å². The van der Waals surface area contributed by atoms with Gasteiger partial charge < -0.3 is 9.64 Å². The van der Waals surface area contributed by atoms with Crippen LogP contribution in [0.2, 0.25) is 0 Å². The highest BCUT2D eigenvalue weighted by atomic mass is 16.5. The van der Waals surface area contributed by atoms with Crippen LogP contribution in [0.3, 0.4) is 0 Å². The van der Waals surface area contributed by atoms with Crippen molar-refractivity contribution in [1.29, 1.82) is 0 Å². The molecular formula is C51H41NO. The highest BCUT2D eigenvalue weighted by Crippen LogP contribution is 2.51. The number of hydrogen-bond acceptors (Lipinski definition) is 2. The average Bonchev–Trinajstić information content (AvgIpc) is 3.34. The number of benzene rings is 6. The summed E-state index contributed by atoms with van der Waals surface area (Å²) < 4.78 is 6.65. The zero-order valence-corrected chi connectivity index (χ0v) is 30.2. The SMILES string of the molecule is CC1(C)c2ccccc2-c2ccc(N(c3ccc(-c4ccccc4)cc3)c3ccc(-c4ccc5c(c4)C4C=CC=CC4C4=C(CCC=C4)O5)cc3)cc21. The van der Waals surface area contributed by atoms with E-state index in [1.165, 1.54) is 55.6 Å². The molecule has 1 heterocycles. The second-order valence-corrected chi connectivity index (χ2v) is 15.2. The standard InChI is InChI=1S/C51H41NO/c1-51(2)47-18-10-8-16-43(47)44-30-29-40(33-48(44)51)52(38-25-20-35(21-26-38)34-12-4-3-5-13-34)39-27-22-36(23-28-39)37-24-31-50-46(32-37)42-15-7-6-14-41(42)45-17-9-11-19-49(45)53-50/h3-10,12-18,20-33,41-42H,11,19H2,1-2H3. The first-order chi connectivity index (χ1) is 26.0. The van der Waals surface area contributed by atoms with Gasteiger partial charge in [0, 0.05) is 46.3 Å². The van der Waals surface area contributed by atoms with E-state index in [0.717, 1.165) is 41.4 Å². The first-order valence-corrected chi connectivity index (χ1v) is 18.9. The molecule has 6 aromatic rings. The van der Waals surface area contributed by atoms with E-state index in [4.69, 9.17) is 4.74 Å². The quantitative estimate of drug-likeness (QED) is 0.179. The van der Waals surface area contributed by atoms with Crippen LogP contribution in [0.5, 0.6) is 5.75 Å². The third-order valence-corrected chi connectivity index (χ3v) is 11.8. The molecule has 256 valence electrons. The molecule has 0 saturated carbocycles. The molecule has 4 aliphatic rings. The van der Waals surface area contributed by atoms with Gasteiger partial charge in [-0.1, -0.05) is 141 Å². The van der Waals surface area contributed by atoms with Crippen LogP contribution in [-0.2, 0) is 5.41 Å².